The van der Waals surface area contributed by atoms with Crippen LogP contribution in [0.5, 0.6) is 5.75 Å². The molecule has 0 saturated carbocycles. The van der Waals surface area contributed by atoms with Crippen molar-refractivity contribution in [2.75, 3.05) is 39.9 Å². The number of nitrogens with zero attached hydrogens (tertiary/aromatic N) is 2. The highest BCUT2D eigenvalue weighted by molar-refractivity contribution is 6.30. The van der Waals surface area contributed by atoms with Gasteiger partial charge in [-0.2, -0.15) is 0 Å². The van der Waals surface area contributed by atoms with Crippen molar-refractivity contribution in [3.05, 3.63) is 28.8 Å². The topological polar surface area (TPSA) is 70.1 Å². The molecule has 0 aromatic heterocycles. The van der Waals surface area contributed by atoms with Crippen LogP contribution >= 0.6 is 11.6 Å². The molecule has 26 heavy (non-hydrogen) atoms. The maximum atomic E-state index is 12.9. The molecule has 142 valence electrons. The Morgan fingerprint density at radius 3 is 2.88 bits per heavy atom. The maximum absolute atomic E-state index is 12.9. The predicted molar refractivity (Wildman–Crippen MR) is 98.4 cm³/mol. The van der Waals surface area contributed by atoms with Gasteiger partial charge in [0.1, 0.15) is 5.75 Å². The van der Waals surface area contributed by atoms with Gasteiger partial charge in [-0.1, -0.05) is 11.6 Å². The lowest BCUT2D eigenvalue weighted by atomic mass is 9.73. The van der Waals surface area contributed by atoms with Gasteiger partial charge in [0.15, 0.2) is 0 Å². The summed E-state index contributed by atoms with van der Waals surface area (Å²) in [7, 11) is 1.63. The number of halogens is 1. The second-order valence-electron chi connectivity index (χ2n) is 7.30. The summed E-state index contributed by atoms with van der Waals surface area (Å²) in [6.45, 7) is 3.02. The van der Waals surface area contributed by atoms with Crippen molar-refractivity contribution in [3.63, 3.8) is 0 Å². The molecule has 1 N–H and O–H groups in total. The molecule has 0 radical (unpaired) electrons. The first-order chi connectivity index (χ1) is 12.4. The van der Waals surface area contributed by atoms with Crippen LogP contribution in [0.2, 0.25) is 5.02 Å². The first-order valence-corrected chi connectivity index (χ1v) is 9.36. The zero-order valence-electron chi connectivity index (χ0n) is 15.0. The monoisotopic (exact) mass is 380 g/mol. The van der Waals surface area contributed by atoms with Crippen molar-refractivity contribution < 1.29 is 19.4 Å². The average Bonchev–Trinajstić information content (AvgIpc) is 2.62. The molecule has 1 aromatic carbocycles. The number of benzene rings is 1. The number of ether oxygens (including phenoxy) is 1. The Labute approximate surface area is 158 Å². The third-order valence-electron chi connectivity index (χ3n) is 5.45. The molecule has 0 bridgehead atoms. The molecule has 7 heteroatoms. The van der Waals surface area contributed by atoms with E-state index in [0.29, 0.717) is 44.2 Å². The molecule has 2 aliphatic heterocycles. The highest BCUT2D eigenvalue weighted by Gasteiger charge is 2.42. The number of hydrogen-bond acceptors (Lipinski definition) is 4. The number of methoxy groups -OCH3 is 1. The minimum absolute atomic E-state index is 0.0718. The van der Waals surface area contributed by atoms with Crippen molar-refractivity contribution in [2.24, 2.45) is 5.41 Å². The van der Waals surface area contributed by atoms with E-state index in [1.54, 1.807) is 24.1 Å². The lowest BCUT2D eigenvalue weighted by molar-refractivity contribution is -0.139. The lowest BCUT2D eigenvalue weighted by Crippen LogP contribution is -2.55. The Bertz CT molecular complexity index is 696. The number of carbonyl (C=O) groups excluding carboxylic acids is 2. The summed E-state index contributed by atoms with van der Waals surface area (Å²) in [4.78, 5) is 28.7. The van der Waals surface area contributed by atoms with E-state index in [1.807, 2.05) is 4.90 Å². The van der Waals surface area contributed by atoms with Crippen LogP contribution in [0.15, 0.2) is 18.2 Å². The molecule has 2 fully saturated rings. The number of carbonyl (C=O) groups is 2. The number of hydrogen-bond donors (Lipinski definition) is 1. The fraction of sp³-hybridized carbons (Fsp3) is 0.579. The predicted octanol–water partition coefficient (Wildman–Crippen LogP) is 2.54. The summed E-state index contributed by atoms with van der Waals surface area (Å²) in [6, 6.07) is 4.57. The fourth-order valence-corrected chi connectivity index (χ4v) is 4.24. The van der Waals surface area contributed by atoms with Gasteiger partial charge in [0.05, 0.1) is 12.2 Å². The van der Waals surface area contributed by atoms with E-state index in [-0.39, 0.29) is 28.5 Å². The smallest absolute Gasteiger partial charge is 0.257 e. The van der Waals surface area contributed by atoms with E-state index < -0.39 is 0 Å². The molecule has 2 saturated heterocycles. The molecule has 1 aromatic rings. The first-order valence-electron chi connectivity index (χ1n) is 8.99. The third-order valence-corrected chi connectivity index (χ3v) is 5.69. The summed E-state index contributed by atoms with van der Waals surface area (Å²) < 4.78 is 5.11. The van der Waals surface area contributed by atoms with Crippen LogP contribution < -0.4 is 0 Å². The van der Waals surface area contributed by atoms with Gasteiger partial charge in [-0.25, -0.2) is 0 Å². The van der Waals surface area contributed by atoms with Crippen molar-refractivity contribution in [3.8, 4) is 5.75 Å². The number of aromatic hydroxyl groups is 1. The van der Waals surface area contributed by atoms with Crippen molar-refractivity contribution in [2.45, 2.75) is 25.7 Å². The summed E-state index contributed by atoms with van der Waals surface area (Å²) >= 11 is 5.86. The van der Waals surface area contributed by atoms with Gasteiger partial charge >= 0.3 is 0 Å². The molecule has 3 rings (SSSR count). The van der Waals surface area contributed by atoms with Crippen LogP contribution in [-0.2, 0) is 9.53 Å². The van der Waals surface area contributed by atoms with Gasteiger partial charge in [0, 0.05) is 50.1 Å². The molecule has 2 aliphatic rings. The Morgan fingerprint density at radius 1 is 1.35 bits per heavy atom. The number of amides is 2. The standard InChI is InChI=1S/C19H25ClN2O4/c1-26-10-9-21-12-19(7-5-17(21)24)6-2-8-22(13-19)18(25)15-4-3-14(20)11-16(15)23/h3-4,11,23H,2,5-10,12-13H2,1H3/t19-/m1/s1. The van der Waals surface area contributed by atoms with Crippen LogP contribution in [0.25, 0.3) is 0 Å². The van der Waals surface area contributed by atoms with E-state index >= 15 is 0 Å². The highest BCUT2D eigenvalue weighted by Crippen LogP contribution is 2.39. The molecular weight excluding hydrogens is 356 g/mol. The molecule has 2 amide bonds. The van der Waals surface area contributed by atoms with E-state index in [4.69, 9.17) is 16.3 Å². The quantitative estimate of drug-likeness (QED) is 0.871. The maximum Gasteiger partial charge on any atom is 0.257 e. The number of rotatable bonds is 4. The molecule has 6 nitrogen and oxygen atoms in total. The van der Waals surface area contributed by atoms with Gasteiger partial charge < -0.3 is 19.6 Å². The Morgan fingerprint density at radius 2 is 2.15 bits per heavy atom. The van der Waals surface area contributed by atoms with E-state index in [9.17, 15) is 14.7 Å². The lowest BCUT2D eigenvalue weighted by Gasteiger charge is -2.48. The van der Waals surface area contributed by atoms with Gasteiger partial charge in [-0.05, 0) is 37.5 Å². The largest absolute Gasteiger partial charge is 0.507 e. The van der Waals surface area contributed by atoms with Gasteiger partial charge in [-0.3, -0.25) is 9.59 Å². The second kappa shape index (κ2) is 7.84. The normalized spacial score (nSPS) is 23.5. The van der Waals surface area contributed by atoms with Crippen molar-refractivity contribution in [1.29, 1.82) is 0 Å². The SMILES string of the molecule is COCCN1C[C@@]2(CCCN(C(=O)c3ccc(Cl)cc3O)C2)CCC1=O. The summed E-state index contributed by atoms with van der Waals surface area (Å²) in [5.74, 6) is -0.118. The third kappa shape index (κ3) is 3.96. The summed E-state index contributed by atoms with van der Waals surface area (Å²) in [5, 5.41) is 10.5. The van der Waals surface area contributed by atoms with Crippen LogP contribution in [-0.4, -0.2) is 66.6 Å². The van der Waals surface area contributed by atoms with E-state index in [2.05, 4.69) is 0 Å². The molecule has 1 spiro atoms. The zero-order valence-corrected chi connectivity index (χ0v) is 15.8. The van der Waals surface area contributed by atoms with Crippen LogP contribution in [0.4, 0.5) is 0 Å². The van der Waals surface area contributed by atoms with Gasteiger partial charge in [-0.15, -0.1) is 0 Å². The Balaban J connectivity index is 1.74. The number of phenols is 1. The summed E-state index contributed by atoms with van der Waals surface area (Å²) in [5.41, 5.74) is 0.201. The number of likely N-dealkylation sites (tertiary alicyclic amines) is 2. The summed E-state index contributed by atoms with van der Waals surface area (Å²) in [6.07, 6.45) is 3.20. The van der Waals surface area contributed by atoms with E-state index in [1.165, 1.54) is 6.07 Å². The van der Waals surface area contributed by atoms with Crippen molar-refractivity contribution >= 4 is 23.4 Å². The van der Waals surface area contributed by atoms with Gasteiger partial charge in [0.2, 0.25) is 5.91 Å². The van der Waals surface area contributed by atoms with Crippen LogP contribution in [0.3, 0.4) is 0 Å². The zero-order chi connectivity index (χ0) is 18.7. The number of phenolic OH excluding ortho intramolecular Hbond substituents is 1. The highest BCUT2D eigenvalue weighted by atomic mass is 35.5. The molecule has 2 heterocycles. The van der Waals surface area contributed by atoms with Crippen LogP contribution in [0, 0.1) is 5.41 Å². The first kappa shape index (κ1) is 19.0. The molecular formula is C19H25ClN2O4. The molecule has 1 atom stereocenters. The second-order valence-corrected chi connectivity index (χ2v) is 7.74. The van der Waals surface area contributed by atoms with Gasteiger partial charge in [0.25, 0.3) is 5.91 Å². The van der Waals surface area contributed by atoms with Crippen molar-refractivity contribution in [1.82, 2.24) is 9.80 Å². The molecule has 0 unspecified atom stereocenters. The number of piperidine rings is 2. The molecule has 0 aliphatic carbocycles. The Hall–Kier alpha value is -1.79. The fourth-order valence-electron chi connectivity index (χ4n) is 4.08. The van der Waals surface area contributed by atoms with Crippen LogP contribution in [0.1, 0.15) is 36.0 Å². The average molecular weight is 381 g/mol. The Kier molecular flexibility index (Phi) is 5.73. The minimum atomic E-state index is -0.182. The minimum Gasteiger partial charge on any atom is -0.507 e. The van der Waals surface area contributed by atoms with E-state index in [0.717, 1.165) is 19.3 Å².